The van der Waals surface area contributed by atoms with Gasteiger partial charge >= 0.3 is 5.82 Å². The lowest BCUT2D eigenvalue weighted by atomic mass is 10.0. The number of rotatable bonds is 4. The van der Waals surface area contributed by atoms with Crippen molar-refractivity contribution in [2.75, 3.05) is 7.11 Å². The number of hydrogen-bond acceptors (Lipinski definition) is 6. The maximum absolute atomic E-state index is 10.9. The van der Waals surface area contributed by atoms with Gasteiger partial charge < -0.3 is 24.3 Å². The Balaban J connectivity index is 1.91. The number of hydrogen-bond donors (Lipinski definition) is 0. The molecule has 23 heavy (non-hydrogen) atoms. The highest BCUT2D eigenvalue weighted by molar-refractivity contribution is 5.64. The van der Waals surface area contributed by atoms with Gasteiger partial charge in [0, 0.05) is 6.07 Å². The van der Waals surface area contributed by atoms with Crippen LogP contribution < -0.4 is 4.74 Å². The van der Waals surface area contributed by atoms with Crippen LogP contribution in [0.15, 0.2) is 54.2 Å². The average molecular weight is 314 g/mol. The molecule has 0 aromatic carbocycles. The van der Waals surface area contributed by atoms with Crippen LogP contribution in [-0.4, -0.2) is 17.0 Å². The van der Waals surface area contributed by atoms with Crippen LogP contribution in [0.25, 0.3) is 5.76 Å². The summed E-state index contributed by atoms with van der Waals surface area (Å²) >= 11 is 0. The predicted octanol–water partition coefficient (Wildman–Crippen LogP) is 3.46. The topological polar surface area (TPSA) is 83.7 Å². The smallest absolute Gasteiger partial charge is 0.364 e. The van der Waals surface area contributed by atoms with Gasteiger partial charge in [0.15, 0.2) is 11.5 Å². The Morgan fingerprint density at radius 1 is 1.30 bits per heavy atom. The molecule has 0 saturated carbocycles. The predicted molar refractivity (Wildman–Crippen MR) is 82.1 cm³/mol. The van der Waals surface area contributed by atoms with Gasteiger partial charge in [-0.1, -0.05) is 18.2 Å². The van der Waals surface area contributed by atoms with Gasteiger partial charge in [0.1, 0.15) is 12.5 Å². The zero-order chi connectivity index (χ0) is 16.2. The number of pyridine rings is 1. The molecule has 1 aromatic rings. The van der Waals surface area contributed by atoms with Crippen LogP contribution in [0.2, 0.25) is 0 Å². The molecule has 2 aliphatic rings. The first-order chi connectivity index (χ1) is 11.2. The molecular weight excluding hydrogens is 300 g/mol. The second-order valence-electron chi connectivity index (χ2n) is 4.84. The molecule has 0 radical (unpaired) electrons. The minimum Gasteiger partial charge on any atom is -0.492 e. The number of nitro groups is 1. The Morgan fingerprint density at radius 2 is 2.13 bits per heavy atom. The van der Waals surface area contributed by atoms with Gasteiger partial charge in [-0.05, 0) is 34.4 Å². The molecule has 0 spiro atoms. The summed E-state index contributed by atoms with van der Waals surface area (Å²) in [5.74, 6) is 0.895. The molecule has 0 N–H and O–H groups in total. The molecule has 7 heteroatoms. The van der Waals surface area contributed by atoms with E-state index in [9.17, 15) is 10.1 Å². The lowest BCUT2D eigenvalue weighted by Gasteiger charge is -2.18. The molecule has 1 aromatic heterocycles. The largest absolute Gasteiger partial charge is 0.492 e. The highest BCUT2D eigenvalue weighted by Gasteiger charge is 2.25. The molecule has 0 amide bonds. The Hall–Kier alpha value is -3.09. The maximum Gasteiger partial charge on any atom is 0.364 e. The van der Waals surface area contributed by atoms with Crippen LogP contribution in [-0.2, 0) is 9.47 Å². The third kappa shape index (κ3) is 3.08. The maximum atomic E-state index is 10.9. The van der Waals surface area contributed by atoms with Crippen molar-refractivity contribution in [1.29, 1.82) is 0 Å². The fraction of sp³-hybridized carbons (Fsp3) is 0.188. The lowest BCUT2D eigenvalue weighted by Crippen LogP contribution is -2.06. The lowest BCUT2D eigenvalue weighted by molar-refractivity contribution is -0.389. The Kier molecular flexibility index (Phi) is 4.09. The Morgan fingerprint density at radius 3 is 2.83 bits per heavy atom. The zero-order valence-corrected chi connectivity index (χ0v) is 12.4. The van der Waals surface area contributed by atoms with Gasteiger partial charge in [-0.15, -0.1) is 0 Å². The fourth-order valence-corrected chi connectivity index (χ4v) is 2.26. The minimum atomic E-state index is -0.571. The van der Waals surface area contributed by atoms with E-state index in [2.05, 4.69) is 11.1 Å². The first-order valence-corrected chi connectivity index (χ1v) is 6.98. The summed E-state index contributed by atoms with van der Waals surface area (Å²) in [4.78, 5) is 14.3. The molecule has 2 heterocycles. The van der Waals surface area contributed by atoms with Gasteiger partial charge in [-0.3, -0.25) is 0 Å². The Bertz CT molecular complexity index is 762. The van der Waals surface area contributed by atoms with Crippen LogP contribution in [0.3, 0.4) is 0 Å². The van der Waals surface area contributed by atoms with E-state index in [1.54, 1.807) is 0 Å². The summed E-state index contributed by atoms with van der Waals surface area (Å²) in [6, 6.07) is 2.75. The van der Waals surface area contributed by atoms with Crippen molar-refractivity contribution in [3.63, 3.8) is 0 Å². The summed E-state index contributed by atoms with van der Waals surface area (Å²) in [7, 11) is 1.46. The van der Waals surface area contributed by atoms with Crippen molar-refractivity contribution in [3.05, 3.63) is 70.0 Å². The van der Waals surface area contributed by atoms with Crippen molar-refractivity contribution in [2.45, 2.75) is 12.8 Å². The quantitative estimate of drug-likeness (QED) is 0.625. The highest BCUT2D eigenvalue weighted by Crippen LogP contribution is 2.34. The van der Waals surface area contributed by atoms with Crippen LogP contribution in [0.4, 0.5) is 5.82 Å². The van der Waals surface area contributed by atoms with E-state index in [0.29, 0.717) is 11.5 Å². The molecule has 118 valence electrons. The molecule has 0 bridgehead atoms. The molecule has 7 nitrogen and oxygen atoms in total. The fourth-order valence-electron chi connectivity index (χ4n) is 2.26. The molecule has 0 atom stereocenters. The molecule has 0 unspecified atom stereocenters. The second kappa shape index (κ2) is 6.35. The number of nitrogens with zero attached hydrogens (tertiary/aromatic N) is 2. The number of methoxy groups -OCH3 is 1. The summed E-state index contributed by atoms with van der Waals surface area (Å²) in [6.07, 6.45) is 10.6. The van der Waals surface area contributed by atoms with Crippen molar-refractivity contribution in [1.82, 2.24) is 4.98 Å². The van der Waals surface area contributed by atoms with E-state index in [4.69, 9.17) is 14.2 Å². The summed E-state index contributed by atoms with van der Waals surface area (Å²) in [5, 5.41) is 10.9. The molecule has 1 aliphatic carbocycles. The second-order valence-corrected chi connectivity index (χ2v) is 4.84. The van der Waals surface area contributed by atoms with Crippen molar-refractivity contribution >= 4 is 11.6 Å². The minimum absolute atomic E-state index is 0.222. The van der Waals surface area contributed by atoms with Gasteiger partial charge in [0.2, 0.25) is 5.76 Å². The van der Waals surface area contributed by atoms with Gasteiger partial charge in [-0.25, -0.2) is 0 Å². The van der Waals surface area contributed by atoms with Gasteiger partial charge in [0.05, 0.1) is 7.11 Å². The Labute approximate surface area is 132 Å². The monoisotopic (exact) mass is 314 g/mol. The van der Waals surface area contributed by atoms with Crippen LogP contribution in [0.1, 0.15) is 18.5 Å². The SMILES string of the molecule is COc1ccc([N+](=O)[O-])nc1C1=COC=C(C2=CC=CCC2)O1. The average Bonchev–Trinajstić information content (AvgIpc) is 2.62. The van der Waals surface area contributed by atoms with Gasteiger partial charge in [-0.2, -0.15) is 0 Å². The third-order valence-corrected chi connectivity index (χ3v) is 3.38. The van der Waals surface area contributed by atoms with Gasteiger partial charge in [0.25, 0.3) is 5.69 Å². The van der Waals surface area contributed by atoms with Crippen LogP contribution >= 0.6 is 0 Å². The van der Waals surface area contributed by atoms with E-state index in [1.807, 2.05) is 12.2 Å². The van der Waals surface area contributed by atoms with E-state index < -0.39 is 4.92 Å². The van der Waals surface area contributed by atoms with Crippen LogP contribution in [0, 0.1) is 10.1 Å². The van der Waals surface area contributed by atoms with E-state index in [0.717, 1.165) is 18.4 Å². The highest BCUT2D eigenvalue weighted by atomic mass is 16.6. The summed E-state index contributed by atoms with van der Waals surface area (Å²) < 4.78 is 16.3. The van der Waals surface area contributed by atoms with E-state index in [1.165, 1.54) is 31.8 Å². The van der Waals surface area contributed by atoms with Crippen molar-refractivity contribution < 1.29 is 19.1 Å². The van der Waals surface area contributed by atoms with E-state index in [-0.39, 0.29) is 17.3 Å². The third-order valence-electron chi connectivity index (χ3n) is 3.38. The van der Waals surface area contributed by atoms with Crippen LogP contribution in [0.5, 0.6) is 5.75 Å². The van der Waals surface area contributed by atoms with Crippen molar-refractivity contribution in [3.8, 4) is 5.75 Å². The molecule has 3 rings (SSSR count). The first-order valence-electron chi connectivity index (χ1n) is 6.98. The summed E-state index contributed by atoms with van der Waals surface area (Å²) in [5.41, 5.74) is 1.21. The number of allylic oxidation sites excluding steroid dienone is 4. The molecule has 0 fully saturated rings. The molecular formula is C16H14N2O5. The molecule has 1 aliphatic heterocycles. The standard InChI is InChI=1S/C16H14N2O5/c1-21-12-7-8-15(18(19)20)17-16(12)14-10-22-9-13(23-14)11-5-3-2-4-6-11/h2-3,5,7-10H,4,6H2,1H3. The number of aromatic nitrogens is 1. The zero-order valence-electron chi connectivity index (χ0n) is 12.4. The van der Waals surface area contributed by atoms with Crippen molar-refractivity contribution in [2.24, 2.45) is 0 Å². The number of ether oxygens (including phenoxy) is 3. The normalized spacial score (nSPS) is 16.5. The summed E-state index contributed by atoms with van der Waals surface area (Å²) in [6.45, 7) is 0. The molecule has 0 saturated heterocycles. The van der Waals surface area contributed by atoms with E-state index >= 15 is 0 Å². The first kappa shape index (κ1) is 14.8.